The van der Waals surface area contributed by atoms with Crippen LogP contribution in [0.1, 0.15) is 48.0 Å². The minimum atomic E-state index is 0.639. The third-order valence-electron chi connectivity index (χ3n) is 3.84. The molecule has 0 aromatic carbocycles. The Morgan fingerprint density at radius 1 is 0.842 bits per heavy atom. The summed E-state index contributed by atoms with van der Waals surface area (Å²) in [4.78, 5) is 5.10. The summed E-state index contributed by atoms with van der Waals surface area (Å²) in [6, 6.07) is 0.639. The van der Waals surface area contributed by atoms with Crippen molar-refractivity contribution in [2.75, 3.05) is 45.8 Å². The van der Waals surface area contributed by atoms with Gasteiger partial charge < -0.3 is 10.2 Å². The van der Waals surface area contributed by atoms with Crippen LogP contribution in [0.25, 0.3) is 0 Å². The predicted octanol–water partition coefficient (Wildman–Crippen LogP) is 2.67. The van der Waals surface area contributed by atoms with Crippen molar-refractivity contribution in [3.63, 3.8) is 0 Å². The molecule has 0 radical (unpaired) electrons. The molecule has 1 atom stereocenters. The molecule has 1 N–H and O–H groups in total. The molecule has 0 spiro atoms. The highest BCUT2D eigenvalue weighted by Crippen LogP contribution is 2.01. The lowest BCUT2D eigenvalue weighted by Gasteiger charge is -2.29. The highest BCUT2D eigenvalue weighted by Gasteiger charge is 2.11. The first-order chi connectivity index (χ1) is 9.04. The molecule has 0 fully saturated rings. The van der Waals surface area contributed by atoms with Crippen molar-refractivity contribution in [3.8, 4) is 0 Å². The second-order valence-electron chi connectivity index (χ2n) is 5.91. The summed E-state index contributed by atoms with van der Waals surface area (Å²) >= 11 is 0. The van der Waals surface area contributed by atoms with Gasteiger partial charge in [0.15, 0.2) is 0 Å². The van der Waals surface area contributed by atoms with E-state index in [-0.39, 0.29) is 0 Å². The van der Waals surface area contributed by atoms with Crippen molar-refractivity contribution in [1.82, 2.24) is 15.1 Å². The minimum absolute atomic E-state index is 0.639. The van der Waals surface area contributed by atoms with Crippen LogP contribution < -0.4 is 5.32 Å². The van der Waals surface area contributed by atoms with Gasteiger partial charge in [-0.25, -0.2) is 0 Å². The molecule has 0 rings (SSSR count). The first kappa shape index (κ1) is 18.9. The maximum Gasteiger partial charge on any atom is 0.0192 e. The van der Waals surface area contributed by atoms with Gasteiger partial charge in [0.05, 0.1) is 0 Å². The van der Waals surface area contributed by atoms with Crippen LogP contribution in [-0.2, 0) is 0 Å². The molecule has 0 aromatic heterocycles. The first-order valence-electron chi connectivity index (χ1n) is 8.22. The number of nitrogens with one attached hydrogen (secondary N) is 1. The molecule has 116 valence electrons. The zero-order valence-electron chi connectivity index (χ0n) is 14.2. The van der Waals surface area contributed by atoms with Crippen molar-refractivity contribution < 1.29 is 0 Å². The molecule has 3 nitrogen and oxygen atoms in total. The van der Waals surface area contributed by atoms with Gasteiger partial charge in [-0.1, -0.05) is 34.6 Å². The van der Waals surface area contributed by atoms with Crippen LogP contribution in [0.2, 0.25) is 0 Å². The molecule has 0 aromatic rings. The molecule has 0 aliphatic heterocycles. The number of hydrogen-bond donors (Lipinski definition) is 1. The molecule has 0 heterocycles. The van der Waals surface area contributed by atoms with Crippen LogP contribution in [0.3, 0.4) is 0 Å². The fourth-order valence-corrected chi connectivity index (χ4v) is 2.44. The summed E-state index contributed by atoms with van der Waals surface area (Å²) in [7, 11) is 0. The largest absolute Gasteiger partial charge is 0.315 e. The molecular weight excluding hydrogens is 234 g/mol. The van der Waals surface area contributed by atoms with E-state index in [1.807, 2.05) is 0 Å². The third-order valence-corrected chi connectivity index (χ3v) is 3.84. The van der Waals surface area contributed by atoms with Gasteiger partial charge in [0.25, 0.3) is 0 Å². The van der Waals surface area contributed by atoms with Gasteiger partial charge in [0.1, 0.15) is 0 Å². The normalized spacial score (nSPS) is 13.7. The van der Waals surface area contributed by atoms with Crippen LogP contribution in [0, 0.1) is 5.92 Å². The summed E-state index contributed by atoms with van der Waals surface area (Å²) in [6.45, 7) is 21.8. The topological polar surface area (TPSA) is 18.5 Å². The summed E-state index contributed by atoms with van der Waals surface area (Å²) in [5.41, 5.74) is 0. The molecule has 3 heteroatoms. The van der Waals surface area contributed by atoms with Gasteiger partial charge >= 0.3 is 0 Å². The molecule has 1 unspecified atom stereocenters. The maximum atomic E-state index is 3.57. The summed E-state index contributed by atoms with van der Waals surface area (Å²) in [5.74, 6) is 0.741. The van der Waals surface area contributed by atoms with Crippen LogP contribution in [0.15, 0.2) is 0 Å². The van der Waals surface area contributed by atoms with E-state index in [1.165, 1.54) is 32.6 Å². The van der Waals surface area contributed by atoms with E-state index >= 15 is 0 Å². The number of nitrogens with zero attached hydrogens (tertiary/aromatic N) is 2. The summed E-state index contributed by atoms with van der Waals surface area (Å²) in [5, 5.41) is 3.57. The summed E-state index contributed by atoms with van der Waals surface area (Å²) < 4.78 is 0. The molecule has 0 saturated heterocycles. The second kappa shape index (κ2) is 11.7. The number of hydrogen-bond acceptors (Lipinski definition) is 3. The maximum absolute atomic E-state index is 3.57. The smallest absolute Gasteiger partial charge is 0.0192 e. The van der Waals surface area contributed by atoms with E-state index in [4.69, 9.17) is 0 Å². The predicted molar refractivity (Wildman–Crippen MR) is 86.8 cm³/mol. The van der Waals surface area contributed by atoms with E-state index in [9.17, 15) is 0 Å². The molecule has 0 bridgehead atoms. The van der Waals surface area contributed by atoms with Crippen LogP contribution >= 0.6 is 0 Å². The van der Waals surface area contributed by atoms with Crippen LogP contribution in [0.4, 0.5) is 0 Å². The zero-order valence-corrected chi connectivity index (χ0v) is 14.2. The lowest BCUT2D eigenvalue weighted by molar-refractivity contribution is 0.195. The average molecular weight is 271 g/mol. The average Bonchev–Trinajstić information content (AvgIpc) is 2.38. The molecular formula is C16H37N3. The SMILES string of the molecule is CCN(CC)CCCN(CC)C(C)CNCC(C)C. The Balaban J connectivity index is 3.85. The number of rotatable bonds is 12. The number of likely N-dealkylation sites (N-methyl/N-ethyl adjacent to an activating group) is 1. The van der Waals surface area contributed by atoms with Crippen molar-refractivity contribution in [2.45, 2.75) is 54.0 Å². The van der Waals surface area contributed by atoms with Gasteiger partial charge in [-0.3, -0.25) is 4.90 Å². The van der Waals surface area contributed by atoms with E-state index < -0.39 is 0 Å². The van der Waals surface area contributed by atoms with Gasteiger partial charge in [-0.15, -0.1) is 0 Å². The fourth-order valence-electron chi connectivity index (χ4n) is 2.44. The quantitative estimate of drug-likeness (QED) is 0.589. The summed E-state index contributed by atoms with van der Waals surface area (Å²) in [6.07, 6.45) is 1.28. The van der Waals surface area contributed by atoms with E-state index in [2.05, 4.69) is 56.7 Å². The molecule has 19 heavy (non-hydrogen) atoms. The third kappa shape index (κ3) is 9.42. The Morgan fingerprint density at radius 2 is 1.47 bits per heavy atom. The molecule has 0 aliphatic rings. The van der Waals surface area contributed by atoms with Crippen LogP contribution in [0.5, 0.6) is 0 Å². The first-order valence-corrected chi connectivity index (χ1v) is 8.22. The van der Waals surface area contributed by atoms with E-state index in [0.717, 1.165) is 25.6 Å². The highest BCUT2D eigenvalue weighted by atomic mass is 15.2. The van der Waals surface area contributed by atoms with Gasteiger partial charge in [-0.05, 0) is 58.5 Å². The van der Waals surface area contributed by atoms with Crippen molar-refractivity contribution in [1.29, 1.82) is 0 Å². The van der Waals surface area contributed by atoms with Crippen molar-refractivity contribution >= 4 is 0 Å². The van der Waals surface area contributed by atoms with Gasteiger partial charge in [-0.2, -0.15) is 0 Å². The van der Waals surface area contributed by atoms with E-state index in [0.29, 0.717) is 6.04 Å². The Bertz CT molecular complexity index is 190. The second-order valence-corrected chi connectivity index (χ2v) is 5.91. The van der Waals surface area contributed by atoms with Crippen LogP contribution in [-0.4, -0.2) is 61.7 Å². The van der Waals surface area contributed by atoms with Gasteiger partial charge in [0.2, 0.25) is 0 Å². The molecule has 0 amide bonds. The standard InChI is InChI=1S/C16H37N3/c1-7-18(8-2)11-10-12-19(9-3)16(6)14-17-13-15(4)5/h15-17H,7-14H2,1-6H3. The fraction of sp³-hybridized carbons (Fsp3) is 1.00. The monoisotopic (exact) mass is 271 g/mol. The Kier molecular flexibility index (Phi) is 11.6. The van der Waals surface area contributed by atoms with Gasteiger partial charge in [0, 0.05) is 12.6 Å². The molecule has 0 saturated carbocycles. The Morgan fingerprint density at radius 3 is 1.95 bits per heavy atom. The highest BCUT2D eigenvalue weighted by molar-refractivity contribution is 4.70. The molecule has 0 aliphatic carbocycles. The van der Waals surface area contributed by atoms with Crippen molar-refractivity contribution in [2.24, 2.45) is 5.92 Å². The Hall–Kier alpha value is -0.120. The lowest BCUT2D eigenvalue weighted by Crippen LogP contribution is -2.42. The Labute approximate surface area is 121 Å². The van der Waals surface area contributed by atoms with Crippen molar-refractivity contribution in [3.05, 3.63) is 0 Å². The zero-order chi connectivity index (χ0) is 14.7. The van der Waals surface area contributed by atoms with E-state index in [1.54, 1.807) is 0 Å². The lowest BCUT2D eigenvalue weighted by atomic mass is 10.2. The minimum Gasteiger partial charge on any atom is -0.315 e.